The topological polar surface area (TPSA) is 61.4 Å². The van der Waals surface area contributed by atoms with Gasteiger partial charge in [0.25, 0.3) is 0 Å². The number of aromatic hydroxyl groups is 1. The largest absolute Gasteiger partial charge is 0.506 e. The number of nitrogens with one attached hydrogen (secondary N) is 2. The van der Waals surface area contributed by atoms with Gasteiger partial charge in [0.2, 0.25) is 0 Å². The van der Waals surface area contributed by atoms with E-state index in [0.29, 0.717) is 11.6 Å². The van der Waals surface area contributed by atoms with Crippen molar-refractivity contribution in [2.24, 2.45) is 5.92 Å². The molecule has 0 bridgehead atoms. The van der Waals surface area contributed by atoms with Crippen molar-refractivity contribution in [2.75, 3.05) is 5.32 Å². The predicted molar refractivity (Wildman–Crippen MR) is 68.9 cm³/mol. The van der Waals surface area contributed by atoms with Crippen LogP contribution in [0.15, 0.2) is 36.0 Å². The van der Waals surface area contributed by atoms with Crippen molar-refractivity contribution in [1.29, 1.82) is 0 Å². The first-order chi connectivity index (χ1) is 8.00. The summed E-state index contributed by atoms with van der Waals surface area (Å²) in [5.74, 6) is 0.438. The number of hydrogen-bond donors (Lipinski definition) is 3. The highest BCUT2D eigenvalue weighted by molar-refractivity contribution is 5.91. The summed E-state index contributed by atoms with van der Waals surface area (Å²) in [6.07, 6.45) is 1.67. The zero-order valence-electron chi connectivity index (χ0n) is 10.3. The summed E-state index contributed by atoms with van der Waals surface area (Å²) < 4.78 is 0. The number of phenolic OH excluding ortho intramolecular Hbond substituents is 1. The van der Waals surface area contributed by atoms with Crippen LogP contribution < -0.4 is 10.6 Å². The Bertz CT molecular complexity index is 425. The van der Waals surface area contributed by atoms with Gasteiger partial charge in [-0.1, -0.05) is 31.6 Å². The summed E-state index contributed by atoms with van der Waals surface area (Å²) in [5.41, 5.74) is 1.47. The van der Waals surface area contributed by atoms with Crippen molar-refractivity contribution in [1.82, 2.24) is 5.32 Å². The monoisotopic (exact) mass is 234 g/mol. The maximum atomic E-state index is 11.5. The van der Waals surface area contributed by atoms with Crippen LogP contribution in [0.2, 0.25) is 0 Å². The highest BCUT2D eigenvalue weighted by atomic mass is 16.3. The van der Waals surface area contributed by atoms with E-state index in [-0.39, 0.29) is 11.8 Å². The molecule has 3 N–H and O–H groups in total. The van der Waals surface area contributed by atoms with E-state index in [1.165, 1.54) is 6.07 Å². The molecular weight excluding hydrogens is 216 g/mol. The van der Waals surface area contributed by atoms with Gasteiger partial charge in [-0.2, -0.15) is 0 Å². The number of amides is 2. The predicted octanol–water partition coefficient (Wildman–Crippen LogP) is 3.07. The summed E-state index contributed by atoms with van der Waals surface area (Å²) in [7, 11) is 0. The van der Waals surface area contributed by atoms with E-state index in [2.05, 4.69) is 24.5 Å². The molecule has 4 heteroatoms. The van der Waals surface area contributed by atoms with Gasteiger partial charge in [-0.05, 0) is 25.0 Å². The molecule has 0 aliphatic rings. The second kappa shape index (κ2) is 5.94. The molecular formula is C13H18N2O2. The lowest BCUT2D eigenvalue weighted by Gasteiger charge is -2.08. The van der Waals surface area contributed by atoms with Crippen LogP contribution in [-0.4, -0.2) is 11.1 Å². The average molecular weight is 234 g/mol. The molecule has 17 heavy (non-hydrogen) atoms. The number of benzene rings is 1. The molecule has 0 aromatic heterocycles. The zero-order chi connectivity index (χ0) is 12.8. The fourth-order valence-corrected chi connectivity index (χ4v) is 1.08. The van der Waals surface area contributed by atoms with E-state index in [0.717, 1.165) is 5.57 Å². The van der Waals surface area contributed by atoms with Crippen molar-refractivity contribution >= 4 is 11.7 Å². The number of carbonyl (C=O) groups is 1. The lowest BCUT2D eigenvalue weighted by Crippen LogP contribution is -2.24. The Morgan fingerprint density at radius 1 is 1.35 bits per heavy atom. The van der Waals surface area contributed by atoms with Crippen molar-refractivity contribution in [3.8, 4) is 5.75 Å². The van der Waals surface area contributed by atoms with Gasteiger partial charge in [0.1, 0.15) is 5.75 Å². The number of allylic oxidation sites excluding steroid dienone is 1. The molecule has 0 saturated carbocycles. The van der Waals surface area contributed by atoms with Gasteiger partial charge in [-0.25, -0.2) is 4.79 Å². The minimum atomic E-state index is -0.369. The Morgan fingerprint density at radius 2 is 2.00 bits per heavy atom. The third kappa shape index (κ3) is 4.18. The molecule has 0 saturated heterocycles. The SMILES string of the molecule is C/C(=C\NC(=O)Nc1ccccc1O)C(C)C. The average Bonchev–Trinajstić information content (AvgIpc) is 2.29. The van der Waals surface area contributed by atoms with Gasteiger partial charge in [0.15, 0.2) is 0 Å². The van der Waals surface area contributed by atoms with Crippen molar-refractivity contribution in [3.63, 3.8) is 0 Å². The van der Waals surface area contributed by atoms with Crippen LogP contribution in [0.3, 0.4) is 0 Å². The molecule has 1 rings (SSSR count). The molecule has 0 heterocycles. The minimum Gasteiger partial charge on any atom is -0.506 e. The molecule has 0 aliphatic heterocycles. The summed E-state index contributed by atoms with van der Waals surface area (Å²) in [4.78, 5) is 11.5. The van der Waals surface area contributed by atoms with Crippen LogP contribution in [0.5, 0.6) is 5.75 Å². The lowest BCUT2D eigenvalue weighted by molar-refractivity contribution is 0.255. The standard InChI is InChI=1S/C13H18N2O2/c1-9(2)10(3)8-14-13(17)15-11-6-4-5-7-12(11)16/h4-9,16H,1-3H3,(H2,14,15,17)/b10-8+. The molecule has 1 aromatic rings. The number of carbonyl (C=O) groups excluding carboxylic acids is 1. The first-order valence-corrected chi connectivity index (χ1v) is 5.53. The Balaban J connectivity index is 2.57. The lowest BCUT2D eigenvalue weighted by atomic mass is 10.1. The Labute approximate surface area is 101 Å². The fraction of sp³-hybridized carbons (Fsp3) is 0.308. The molecule has 0 radical (unpaired) electrons. The summed E-state index contributed by atoms with van der Waals surface area (Å²) in [6, 6.07) is 6.22. The first kappa shape index (κ1) is 13.1. The first-order valence-electron chi connectivity index (χ1n) is 5.53. The van der Waals surface area contributed by atoms with Crippen molar-refractivity contribution in [2.45, 2.75) is 20.8 Å². The molecule has 0 fully saturated rings. The Kier molecular flexibility index (Phi) is 4.57. The normalized spacial score (nSPS) is 11.4. The molecule has 0 spiro atoms. The highest BCUT2D eigenvalue weighted by Gasteiger charge is 2.04. The summed E-state index contributed by atoms with van der Waals surface area (Å²) in [5, 5.41) is 14.6. The van der Waals surface area contributed by atoms with Gasteiger partial charge < -0.3 is 15.7 Å². The smallest absolute Gasteiger partial charge is 0.323 e. The van der Waals surface area contributed by atoms with E-state index < -0.39 is 0 Å². The van der Waals surface area contributed by atoms with Crippen LogP contribution in [0.1, 0.15) is 20.8 Å². The summed E-state index contributed by atoms with van der Waals surface area (Å²) in [6.45, 7) is 6.05. The van der Waals surface area contributed by atoms with Crippen molar-refractivity contribution in [3.05, 3.63) is 36.0 Å². The number of urea groups is 1. The van der Waals surface area contributed by atoms with E-state index in [1.807, 2.05) is 6.92 Å². The Hall–Kier alpha value is -1.97. The van der Waals surface area contributed by atoms with E-state index in [4.69, 9.17) is 0 Å². The zero-order valence-corrected chi connectivity index (χ0v) is 10.3. The van der Waals surface area contributed by atoms with Gasteiger partial charge in [-0.3, -0.25) is 0 Å². The Morgan fingerprint density at radius 3 is 2.59 bits per heavy atom. The number of rotatable bonds is 3. The van der Waals surface area contributed by atoms with Crippen molar-refractivity contribution < 1.29 is 9.90 Å². The van der Waals surface area contributed by atoms with Crippen LogP contribution in [-0.2, 0) is 0 Å². The molecule has 0 atom stereocenters. The molecule has 4 nitrogen and oxygen atoms in total. The van der Waals surface area contributed by atoms with Gasteiger partial charge in [-0.15, -0.1) is 0 Å². The second-order valence-electron chi connectivity index (χ2n) is 4.16. The quantitative estimate of drug-likeness (QED) is 0.704. The summed E-state index contributed by atoms with van der Waals surface area (Å²) >= 11 is 0. The number of hydrogen-bond acceptors (Lipinski definition) is 2. The third-order valence-corrected chi connectivity index (χ3v) is 2.49. The third-order valence-electron chi connectivity index (χ3n) is 2.49. The molecule has 0 aliphatic carbocycles. The van der Waals surface area contributed by atoms with E-state index >= 15 is 0 Å². The number of para-hydroxylation sites is 2. The van der Waals surface area contributed by atoms with Crippen LogP contribution in [0, 0.1) is 5.92 Å². The van der Waals surface area contributed by atoms with Gasteiger partial charge in [0, 0.05) is 6.20 Å². The molecule has 0 unspecified atom stereocenters. The van der Waals surface area contributed by atoms with Gasteiger partial charge >= 0.3 is 6.03 Å². The molecule has 92 valence electrons. The van der Waals surface area contributed by atoms with E-state index in [9.17, 15) is 9.90 Å². The minimum absolute atomic E-state index is 0.0483. The van der Waals surface area contributed by atoms with E-state index in [1.54, 1.807) is 24.4 Å². The van der Waals surface area contributed by atoms with Crippen LogP contribution in [0.4, 0.5) is 10.5 Å². The highest BCUT2D eigenvalue weighted by Crippen LogP contribution is 2.21. The number of anilines is 1. The molecule has 2 amide bonds. The van der Waals surface area contributed by atoms with Gasteiger partial charge in [0.05, 0.1) is 5.69 Å². The maximum absolute atomic E-state index is 11.5. The molecule has 1 aromatic carbocycles. The second-order valence-corrected chi connectivity index (χ2v) is 4.16. The fourth-order valence-electron chi connectivity index (χ4n) is 1.08. The van der Waals surface area contributed by atoms with Crippen LogP contribution >= 0.6 is 0 Å². The maximum Gasteiger partial charge on any atom is 0.323 e. The van der Waals surface area contributed by atoms with Crippen LogP contribution in [0.25, 0.3) is 0 Å². The number of phenols is 1.